The fourth-order valence-corrected chi connectivity index (χ4v) is 5.60. The van der Waals surface area contributed by atoms with E-state index in [9.17, 15) is 34.1 Å². The third kappa shape index (κ3) is 5.08. The topological polar surface area (TPSA) is 259 Å². The molecule has 3 aromatic rings. The van der Waals surface area contributed by atoms with Crippen LogP contribution in [0.1, 0.15) is 23.9 Å². The van der Waals surface area contributed by atoms with Gasteiger partial charge in [-0.25, -0.2) is 14.3 Å². The summed E-state index contributed by atoms with van der Waals surface area (Å²) < 4.78 is 37.3. The van der Waals surface area contributed by atoms with Crippen LogP contribution in [0.4, 0.5) is 5.95 Å². The molecule has 1 fully saturated rings. The van der Waals surface area contributed by atoms with Crippen molar-refractivity contribution in [1.29, 1.82) is 0 Å². The summed E-state index contributed by atoms with van der Waals surface area (Å²) in [4.78, 5) is 59.2. The summed E-state index contributed by atoms with van der Waals surface area (Å²) in [6.45, 7) is -0.710. The van der Waals surface area contributed by atoms with Crippen molar-refractivity contribution < 1.29 is 38.2 Å². The van der Waals surface area contributed by atoms with Gasteiger partial charge in [0.05, 0.1) is 26.1 Å². The molecule has 0 radical (unpaired) electrons. The van der Waals surface area contributed by atoms with E-state index in [2.05, 4.69) is 19.9 Å². The van der Waals surface area contributed by atoms with Crippen LogP contribution in [0.3, 0.4) is 0 Å². The van der Waals surface area contributed by atoms with Crippen LogP contribution < -0.4 is 22.5 Å². The monoisotopic (exact) mass is 571 g/mol. The van der Waals surface area contributed by atoms with Gasteiger partial charge in [0.25, 0.3) is 11.1 Å². The van der Waals surface area contributed by atoms with E-state index in [0.29, 0.717) is 0 Å². The molecule has 0 spiro atoms. The number of rotatable bonds is 8. The van der Waals surface area contributed by atoms with Crippen molar-refractivity contribution in [2.75, 3.05) is 25.6 Å². The standard InChI is InChI=1S/C20H26N7O11P/c1-9-10-3-20(5-29,35-8-27(10)19(32)25-16(9)30)6-36-39(33,34)38-11-2-13(37-12(11)4-28)26-7-22-14-15(26)23-18(21)24-17(14)31/h7,11-13,28-29H,2-6,8H2,1H3,(H,33,34)(H,25,30,32)(H3,21,23,24,31)/t11-,12+,13+,20+/m0/s1. The largest absolute Gasteiger partial charge is 0.472 e. The SMILES string of the molecule is Cc1c2n(c(=O)[nH]c1=O)CO[C@](CO)(COP(=O)(O)O[C@H]1C[C@H](n3cnc4c(=O)[nH]c(N)nc43)O[C@@H]1CO)C2. The lowest BCUT2D eigenvalue weighted by Gasteiger charge is -2.37. The van der Waals surface area contributed by atoms with Crippen LogP contribution in [0, 0.1) is 6.92 Å². The second-order valence-electron chi connectivity index (χ2n) is 9.26. The lowest BCUT2D eigenvalue weighted by molar-refractivity contribution is -0.148. The predicted molar refractivity (Wildman–Crippen MR) is 129 cm³/mol. The Morgan fingerprint density at radius 3 is 2.77 bits per heavy atom. The Balaban J connectivity index is 1.30. The average molecular weight is 571 g/mol. The molecule has 0 bridgehead atoms. The minimum Gasteiger partial charge on any atom is -0.394 e. The van der Waals surface area contributed by atoms with Gasteiger partial charge in [-0.05, 0) is 6.92 Å². The van der Waals surface area contributed by atoms with Crippen LogP contribution >= 0.6 is 7.82 Å². The van der Waals surface area contributed by atoms with Gasteiger partial charge in [-0.1, -0.05) is 0 Å². The van der Waals surface area contributed by atoms with Gasteiger partial charge in [-0.3, -0.25) is 37.7 Å². The number of H-pyrrole nitrogens is 2. The minimum absolute atomic E-state index is 0.00303. The molecule has 5 rings (SSSR count). The predicted octanol–water partition coefficient (Wildman–Crippen LogP) is -2.40. The zero-order chi connectivity index (χ0) is 28.1. The number of nitrogen functional groups attached to an aromatic ring is 1. The highest BCUT2D eigenvalue weighted by Crippen LogP contribution is 2.49. The van der Waals surface area contributed by atoms with E-state index in [-0.39, 0.29) is 47.9 Å². The molecule has 7 N–H and O–H groups in total. The number of hydrogen-bond acceptors (Lipinski definition) is 13. The maximum atomic E-state index is 12.9. The number of phosphoric acid groups is 1. The summed E-state index contributed by atoms with van der Waals surface area (Å²) in [7, 11) is -4.83. The van der Waals surface area contributed by atoms with Crippen LogP contribution in [-0.2, 0) is 36.2 Å². The Bertz CT molecular complexity index is 1630. The zero-order valence-corrected chi connectivity index (χ0v) is 21.4. The van der Waals surface area contributed by atoms with Crippen LogP contribution in [-0.4, -0.2) is 81.8 Å². The fourth-order valence-electron chi connectivity index (χ4n) is 4.58. The van der Waals surface area contributed by atoms with Gasteiger partial charge in [0.1, 0.15) is 30.8 Å². The first kappa shape index (κ1) is 27.4. The van der Waals surface area contributed by atoms with E-state index < -0.39 is 68.5 Å². The first-order chi connectivity index (χ1) is 18.5. The molecule has 5 heterocycles. The van der Waals surface area contributed by atoms with Crippen molar-refractivity contribution in [1.82, 2.24) is 29.1 Å². The molecular formula is C20H26N7O11P. The molecule has 2 aliphatic heterocycles. The number of nitrogens with zero attached hydrogens (tertiary/aromatic N) is 4. The number of aliphatic hydroxyl groups excluding tert-OH is 2. The van der Waals surface area contributed by atoms with E-state index in [1.807, 2.05) is 0 Å². The number of fused-ring (bicyclic) bond motifs is 2. The van der Waals surface area contributed by atoms with Gasteiger partial charge >= 0.3 is 13.5 Å². The van der Waals surface area contributed by atoms with Crippen LogP contribution in [0.25, 0.3) is 11.2 Å². The highest BCUT2D eigenvalue weighted by atomic mass is 31.2. The summed E-state index contributed by atoms with van der Waals surface area (Å²) in [6, 6.07) is 0. The van der Waals surface area contributed by atoms with Crippen LogP contribution in [0.15, 0.2) is 20.7 Å². The molecular weight excluding hydrogens is 545 g/mol. The molecule has 212 valence electrons. The number of aromatic amines is 2. The first-order valence-corrected chi connectivity index (χ1v) is 13.2. The maximum Gasteiger partial charge on any atom is 0.472 e. The Hall–Kier alpha value is -3.22. The molecule has 3 aromatic heterocycles. The number of aromatic nitrogens is 6. The van der Waals surface area contributed by atoms with Gasteiger partial charge in [-0.2, -0.15) is 4.98 Å². The van der Waals surface area contributed by atoms with Crippen molar-refractivity contribution in [3.05, 3.63) is 48.8 Å². The normalized spacial score (nSPS) is 26.5. The quantitative estimate of drug-likeness (QED) is 0.154. The van der Waals surface area contributed by atoms with Crippen LogP contribution in [0.2, 0.25) is 0 Å². The van der Waals surface area contributed by atoms with Crippen molar-refractivity contribution in [2.24, 2.45) is 0 Å². The molecule has 0 amide bonds. The molecule has 0 aliphatic carbocycles. The van der Waals surface area contributed by atoms with E-state index in [1.54, 1.807) is 0 Å². The second kappa shape index (κ2) is 10.1. The molecule has 39 heavy (non-hydrogen) atoms. The van der Waals surface area contributed by atoms with Crippen molar-refractivity contribution >= 4 is 24.9 Å². The van der Waals surface area contributed by atoms with Gasteiger partial charge in [0, 0.05) is 24.1 Å². The van der Waals surface area contributed by atoms with Crippen molar-refractivity contribution in [3.8, 4) is 0 Å². The molecule has 2 aliphatic rings. The van der Waals surface area contributed by atoms with E-state index in [1.165, 1.54) is 22.4 Å². The number of nitrogens with two attached hydrogens (primary N) is 1. The molecule has 5 atom stereocenters. The minimum atomic E-state index is -4.83. The van der Waals surface area contributed by atoms with E-state index in [4.69, 9.17) is 24.3 Å². The van der Waals surface area contributed by atoms with Gasteiger partial charge in [0.15, 0.2) is 11.2 Å². The number of nitrogens with one attached hydrogen (secondary N) is 2. The molecule has 0 aromatic carbocycles. The smallest absolute Gasteiger partial charge is 0.394 e. The van der Waals surface area contributed by atoms with Gasteiger partial charge in [-0.15, -0.1) is 0 Å². The highest BCUT2D eigenvalue weighted by molar-refractivity contribution is 7.47. The summed E-state index contributed by atoms with van der Waals surface area (Å²) in [5, 5.41) is 19.8. The lowest BCUT2D eigenvalue weighted by atomic mass is 9.96. The summed E-state index contributed by atoms with van der Waals surface area (Å²) >= 11 is 0. The molecule has 1 unspecified atom stereocenters. The average Bonchev–Trinajstić information content (AvgIpc) is 3.49. The number of hydrogen-bond donors (Lipinski definition) is 6. The zero-order valence-electron chi connectivity index (χ0n) is 20.5. The van der Waals surface area contributed by atoms with E-state index >= 15 is 0 Å². The molecule has 18 nitrogen and oxygen atoms in total. The Morgan fingerprint density at radius 1 is 1.28 bits per heavy atom. The molecule has 1 saturated heterocycles. The van der Waals surface area contributed by atoms with Gasteiger partial charge < -0.3 is 30.3 Å². The third-order valence-corrected chi connectivity index (χ3v) is 7.72. The van der Waals surface area contributed by atoms with Gasteiger partial charge in [0.2, 0.25) is 5.95 Å². The fraction of sp³-hybridized carbons (Fsp3) is 0.550. The highest BCUT2D eigenvalue weighted by Gasteiger charge is 2.44. The number of anilines is 1. The lowest BCUT2D eigenvalue weighted by Crippen LogP contribution is -2.51. The van der Waals surface area contributed by atoms with Crippen molar-refractivity contribution in [2.45, 2.75) is 50.5 Å². The Labute approximate surface area is 217 Å². The van der Waals surface area contributed by atoms with Crippen molar-refractivity contribution in [3.63, 3.8) is 0 Å². The number of imidazole rings is 1. The number of phosphoric ester groups is 1. The van der Waals surface area contributed by atoms with Crippen LogP contribution in [0.5, 0.6) is 0 Å². The Kier molecular flexibility index (Phi) is 7.06. The first-order valence-electron chi connectivity index (χ1n) is 11.7. The summed E-state index contributed by atoms with van der Waals surface area (Å²) in [6.07, 6.45) is -2.01. The number of ether oxygens (including phenoxy) is 2. The summed E-state index contributed by atoms with van der Waals surface area (Å²) in [5.74, 6) is -0.151. The maximum absolute atomic E-state index is 12.9. The number of aliphatic hydroxyl groups is 2. The molecule has 19 heteroatoms. The summed E-state index contributed by atoms with van der Waals surface area (Å²) in [5.41, 5.74) is 2.83. The molecule has 0 saturated carbocycles. The second-order valence-corrected chi connectivity index (χ2v) is 10.7. The Morgan fingerprint density at radius 2 is 2.05 bits per heavy atom. The third-order valence-electron chi connectivity index (χ3n) is 6.72. The van der Waals surface area contributed by atoms with E-state index in [0.717, 1.165) is 0 Å².